The van der Waals surface area contributed by atoms with Crippen LogP contribution >= 0.6 is 0 Å². The molecule has 1 aliphatic heterocycles. The van der Waals surface area contributed by atoms with Gasteiger partial charge in [0, 0.05) is 25.3 Å². The Labute approximate surface area is 133 Å². The second-order valence-corrected chi connectivity index (χ2v) is 5.79. The van der Waals surface area contributed by atoms with E-state index in [1.165, 1.54) is 12.1 Å². The maximum Gasteiger partial charge on any atom is 0.167 e. The van der Waals surface area contributed by atoms with Crippen LogP contribution in [0.3, 0.4) is 0 Å². The van der Waals surface area contributed by atoms with Gasteiger partial charge in [0.25, 0.3) is 0 Å². The number of nitrogens with one attached hydrogen (secondary N) is 1. The average molecular weight is 322 g/mol. The smallest absolute Gasteiger partial charge is 0.167 e. The summed E-state index contributed by atoms with van der Waals surface area (Å²) in [5.41, 5.74) is 0.492. The van der Waals surface area contributed by atoms with E-state index in [1.807, 2.05) is 0 Å². The summed E-state index contributed by atoms with van der Waals surface area (Å²) >= 11 is 0. The molecule has 0 radical (unpaired) electrons. The highest BCUT2D eigenvalue weighted by Crippen LogP contribution is 2.30. The van der Waals surface area contributed by atoms with Gasteiger partial charge in [0.1, 0.15) is 18.2 Å². The van der Waals surface area contributed by atoms with Crippen molar-refractivity contribution in [2.75, 3.05) is 13.7 Å². The number of methoxy groups -OCH3 is 1. The van der Waals surface area contributed by atoms with E-state index in [4.69, 9.17) is 4.74 Å². The molecule has 2 aromatic rings. The summed E-state index contributed by atoms with van der Waals surface area (Å²) in [4.78, 5) is 6.62. The molecule has 1 saturated heterocycles. The maximum absolute atomic E-state index is 13.9. The average Bonchev–Trinajstić information content (AvgIpc) is 2.99. The van der Waals surface area contributed by atoms with E-state index in [2.05, 4.69) is 20.1 Å². The van der Waals surface area contributed by atoms with Gasteiger partial charge < -0.3 is 4.74 Å². The molecule has 0 spiro atoms. The van der Waals surface area contributed by atoms with Crippen LogP contribution in [0.15, 0.2) is 18.2 Å². The van der Waals surface area contributed by atoms with Crippen molar-refractivity contribution >= 4 is 0 Å². The first-order valence-corrected chi connectivity index (χ1v) is 7.75. The Morgan fingerprint density at radius 2 is 2.22 bits per heavy atom. The number of nitrogens with zero attached hydrogens (tertiary/aromatic N) is 3. The third-order valence-electron chi connectivity index (χ3n) is 4.13. The Kier molecular flexibility index (Phi) is 4.97. The van der Waals surface area contributed by atoms with Gasteiger partial charge in [-0.2, -0.15) is 5.10 Å². The summed E-state index contributed by atoms with van der Waals surface area (Å²) in [6.07, 6.45) is 3.06. The van der Waals surface area contributed by atoms with Crippen LogP contribution in [0.25, 0.3) is 0 Å². The second-order valence-electron chi connectivity index (χ2n) is 5.79. The lowest BCUT2D eigenvalue weighted by atomic mass is 10.0. The molecule has 1 aliphatic rings. The molecule has 0 bridgehead atoms. The van der Waals surface area contributed by atoms with Crippen molar-refractivity contribution < 1.29 is 13.5 Å². The first kappa shape index (κ1) is 16.0. The van der Waals surface area contributed by atoms with E-state index in [9.17, 15) is 8.78 Å². The van der Waals surface area contributed by atoms with Gasteiger partial charge in [-0.25, -0.2) is 13.8 Å². The Hall–Kier alpha value is -1.86. The minimum Gasteiger partial charge on any atom is -0.377 e. The molecule has 124 valence electrons. The quantitative estimate of drug-likeness (QED) is 0.919. The summed E-state index contributed by atoms with van der Waals surface area (Å²) in [5.74, 6) is 0.323. The third kappa shape index (κ3) is 3.73. The fourth-order valence-corrected chi connectivity index (χ4v) is 3.00. The van der Waals surface area contributed by atoms with Gasteiger partial charge in [0.05, 0.1) is 6.04 Å². The standard InChI is InChI=1S/C16H20F2N4O/c1-23-10-15-19-16(21-20-15)14-4-2-3-7-22(14)9-11-5-6-12(17)8-13(11)18/h5-6,8,14H,2-4,7,9-10H2,1H3,(H,19,20,21). The number of rotatable bonds is 5. The summed E-state index contributed by atoms with van der Waals surface area (Å²) in [5, 5.41) is 7.15. The molecular formula is C16H20F2N4O. The van der Waals surface area contributed by atoms with E-state index in [-0.39, 0.29) is 6.04 Å². The SMILES string of the molecule is COCc1nc(C2CCCCN2Cc2ccc(F)cc2F)n[nH]1. The molecule has 3 rings (SSSR count). The molecule has 2 heterocycles. The normalized spacial score (nSPS) is 19.2. The Balaban J connectivity index is 1.77. The monoisotopic (exact) mass is 322 g/mol. The van der Waals surface area contributed by atoms with E-state index >= 15 is 0 Å². The lowest BCUT2D eigenvalue weighted by Crippen LogP contribution is -2.33. The fourth-order valence-electron chi connectivity index (χ4n) is 3.00. The molecule has 5 nitrogen and oxygen atoms in total. The Morgan fingerprint density at radius 3 is 3.00 bits per heavy atom. The highest BCUT2D eigenvalue weighted by Gasteiger charge is 2.28. The van der Waals surface area contributed by atoms with Crippen LogP contribution in [0.2, 0.25) is 0 Å². The minimum atomic E-state index is -0.556. The van der Waals surface area contributed by atoms with Crippen LogP contribution < -0.4 is 0 Å². The molecule has 23 heavy (non-hydrogen) atoms. The highest BCUT2D eigenvalue weighted by atomic mass is 19.1. The van der Waals surface area contributed by atoms with Gasteiger partial charge in [-0.1, -0.05) is 12.5 Å². The predicted molar refractivity (Wildman–Crippen MR) is 80.5 cm³/mol. The molecule has 1 unspecified atom stereocenters. The summed E-state index contributed by atoms with van der Waals surface area (Å²) in [6, 6.07) is 3.76. The molecule has 0 amide bonds. The van der Waals surface area contributed by atoms with Gasteiger partial charge in [-0.05, 0) is 25.5 Å². The van der Waals surface area contributed by atoms with Crippen LogP contribution in [-0.2, 0) is 17.9 Å². The number of likely N-dealkylation sites (tertiary alicyclic amines) is 1. The van der Waals surface area contributed by atoms with Gasteiger partial charge in [-0.3, -0.25) is 10.00 Å². The van der Waals surface area contributed by atoms with Crippen LogP contribution in [0.4, 0.5) is 8.78 Å². The number of aromatic amines is 1. The van der Waals surface area contributed by atoms with Crippen molar-refractivity contribution in [1.29, 1.82) is 0 Å². The van der Waals surface area contributed by atoms with Crippen molar-refractivity contribution in [3.05, 3.63) is 47.0 Å². The zero-order chi connectivity index (χ0) is 16.2. The Morgan fingerprint density at radius 1 is 1.35 bits per heavy atom. The van der Waals surface area contributed by atoms with Crippen LogP contribution in [-0.4, -0.2) is 33.7 Å². The molecule has 1 N–H and O–H groups in total. The molecule has 1 aromatic heterocycles. The number of aromatic nitrogens is 3. The van der Waals surface area contributed by atoms with Gasteiger partial charge >= 0.3 is 0 Å². The maximum atomic E-state index is 13.9. The van der Waals surface area contributed by atoms with Crippen molar-refractivity contribution in [3.8, 4) is 0 Å². The number of ether oxygens (including phenoxy) is 1. The minimum absolute atomic E-state index is 0.0371. The van der Waals surface area contributed by atoms with Crippen molar-refractivity contribution in [3.63, 3.8) is 0 Å². The number of hydrogen-bond acceptors (Lipinski definition) is 4. The number of halogens is 2. The first-order chi connectivity index (χ1) is 11.2. The van der Waals surface area contributed by atoms with E-state index < -0.39 is 11.6 Å². The fraction of sp³-hybridized carbons (Fsp3) is 0.500. The van der Waals surface area contributed by atoms with Gasteiger partial charge in [0.15, 0.2) is 11.6 Å². The molecule has 0 aliphatic carbocycles. The predicted octanol–water partition coefficient (Wildman–Crippen LogP) is 2.96. The lowest BCUT2D eigenvalue weighted by molar-refractivity contribution is 0.132. The van der Waals surface area contributed by atoms with Gasteiger partial charge in [0.2, 0.25) is 0 Å². The molecule has 1 atom stereocenters. The number of benzene rings is 1. The second kappa shape index (κ2) is 7.14. The molecule has 7 heteroatoms. The third-order valence-corrected chi connectivity index (χ3v) is 4.13. The van der Waals surface area contributed by atoms with Crippen LogP contribution in [0.5, 0.6) is 0 Å². The molecule has 1 aromatic carbocycles. The van der Waals surface area contributed by atoms with Crippen molar-refractivity contribution in [1.82, 2.24) is 20.1 Å². The van der Waals surface area contributed by atoms with E-state index in [0.29, 0.717) is 30.4 Å². The molecule has 1 fully saturated rings. The number of hydrogen-bond donors (Lipinski definition) is 1. The summed E-state index contributed by atoms with van der Waals surface area (Å²) in [6.45, 7) is 1.65. The van der Waals surface area contributed by atoms with Crippen LogP contribution in [0, 0.1) is 11.6 Å². The van der Waals surface area contributed by atoms with Crippen molar-refractivity contribution in [2.45, 2.75) is 38.5 Å². The zero-order valence-electron chi connectivity index (χ0n) is 13.1. The molecule has 0 saturated carbocycles. The topological polar surface area (TPSA) is 54.0 Å². The number of piperidine rings is 1. The zero-order valence-corrected chi connectivity index (χ0v) is 13.1. The van der Waals surface area contributed by atoms with Gasteiger partial charge in [-0.15, -0.1) is 0 Å². The number of H-pyrrole nitrogens is 1. The summed E-state index contributed by atoms with van der Waals surface area (Å²) in [7, 11) is 1.60. The summed E-state index contributed by atoms with van der Waals surface area (Å²) < 4.78 is 32.0. The Bertz CT molecular complexity index is 661. The van der Waals surface area contributed by atoms with Crippen LogP contribution in [0.1, 0.15) is 42.5 Å². The first-order valence-electron chi connectivity index (χ1n) is 7.75. The van der Waals surface area contributed by atoms with E-state index in [0.717, 1.165) is 31.9 Å². The van der Waals surface area contributed by atoms with Crippen molar-refractivity contribution in [2.24, 2.45) is 0 Å². The van der Waals surface area contributed by atoms with E-state index in [1.54, 1.807) is 7.11 Å². The molecular weight excluding hydrogens is 302 g/mol. The lowest BCUT2D eigenvalue weighted by Gasteiger charge is -2.34. The highest BCUT2D eigenvalue weighted by molar-refractivity contribution is 5.19. The largest absolute Gasteiger partial charge is 0.377 e.